The van der Waals surface area contributed by atoms with Gasteiger partial charge in [0.2, 0.25) is 0 Å². The smallest absolute Gasteiger partial charge is 0.127 e. The van der Waals surface area contributed by atoms with Gasteiger partial charge in [0.25, 0.3) is 0 Å². The molecule has 0 spiro atoms. The van der Waals surface area contributed by atoms with Crippen LogP contribution in [0.15, 0.2) is 48.5 Å². The maximum absolute atomic E-state index is 9.29. The fourth-order valence-corrected chi connectivity index (χ4v) is 1.77. The third-order valence-corrected chi connectivity index (χ3v) is 2.72. The molecule has 3 heteroatoms. The zero-order valence-electron chi connectivity index (χ0n) is 10.5. The van der Waals surface area contributed by atoms with Crippen LogP contribution in [-0.4, -0.2) is 12.2 Å². The normalized spacial score (nSPS) is 10.8. The molecule has 0 aliphatic heterocycles. The third-order valence-electron chi connectivity index (χ3n) is 2.72. The lowest BCUT2D eigenvalue weighted by molar-refractivity contribution is 0.413. The number of nitrogens with zero attached hydrogens (tertiary/aromatic N) is 1. The molecule has 0 unspecified atom stereocenters. The Balaban J connectivity index is 2.45. The average Bonchev–Trinajstić information content (AvgIpc) is 2.46. The van der Waals surface area contributed by atoms with E-state index in [1.807, 2.05) is 24.3 Å². The highest BCUT2D eigenvalue weighted by Gasteiger charge is 2.07. The monoisotopic (exact) mass is 251 g/mol. The Morgan fingerprint density at radius 3 is 2.47 bits per heavy atom. The zero-order valence-corrected chi connectivity index (χ0v) is 10.5. The van der Waals surface area contributed by atoms with Crippen molar-refractivity contribution >= 4 is 11.6 Å². The van der Waals surface area contributed by atoms with Crippen LogP contribution in [0.3, 0.4) is 0 Å². The minimum absolute atomic E-state index is 0.202. The van der Waals surface area contributed by atoms with Crippen molar-refractivity contribution in [1.82, 2.24) is 0 Å². The molecule has 0 heterocycles. The molecule has 1 N–H and O–H groups in total. The van der Waals surface area contributed by atoms with Crippen molar-refractivity contribution in [3.8, 4) is 17.6 Å². The predicted molar refractivity (Wildman–Crippen MR) is 74.6 cm³/mol. The summed E-state index contributed by atoms with van der Waals surface area (Å²) in [5.41, 5.74) is 2.11. The van der Waals surface area contributed by atoms with E-state index in [2.05, 4.69) is 6.07 Å². The van der Waals surface area contributed by atoms with Gasteiger partial charge < -0.3 is 9.84 Å². The van der Waals surface area contributed by atoms with Crippen LogP contribution >= 0.6 is 0 Å². The molecule has 3 nitrogen and oxygen atoms in total. The first-order valence-electron chi connectivity index (χ1n) is 5.79. The third kappa shape index (κ3) is 2.93. The zero-order chi connectivity index (χ0) is 13.7. The van der Waals surface area contributed by atoms with E-state index >= 15 is 0 Å². The summed E-state index contributed by atoms with van der Waals surface area (Å²) in [6.07, 6.45) is 1.76. The molecule has 0 bridgehead atoms. The Morgan fingerprint density at radius 1 is 1.16 bits per heavy atom. The van der Waals surface area contributed by atoms with Crippen molar-refractivity contribution in [3.63, 3.8) is 0 Å². The number of para-hydroxylation sites is 1. The van der Waals surface area contributed by atoms with Crippen LogP contribution in [0, 0.1) is 11.3 Å². The van der Waals surface area contributed by atoms with E-state index in [0.717, 1.165) is 11.1 Å². The molecule has 0 fully saturated rings. The Bertz CT molecular complexity index is 637. The quantitative estimate of drug-likeness (QED) is 0.671. The number of allylic oxidation sites excluding steroid dienone is 1. The molecule has 2 aromatic carbocycles. The fraction of sp³-hybridized carbons (Fsp3) is 0.0625. The van der Waals surface area contributed by atoms with Crippen LogP contribution in [0.2, 0.25) is 0 Å². The lowest BCUT2D eigenvalue weighted by Gasteiger charge is -2.06. The number of hydrogen-bond donors (Lipinski definition) is 1. The van der Waals surface area contributed by atoms with E-state index in [1.165, 1.54) is 0 Å². The molecule has 2 rings (SSSR count). The predicted octanol–water partition coefficient (Wildman–Crippen LogP) is 3.46. The molecule has 0 aliphatic carbocycles. The van der Waals surface area contributed by atoms with E-state index in [9.17, 15) is 10.4 Å². The standard InChI is InChI=1S/C16H13NO2/c1-19-16-5-3-2-4-15(16)13(11-17)10-12-6-8-14(18)9-7-12/h2-10,18H,1H3/b13-10-. The van der Waals surface area contributed by atoms with Crippen molar-refractivity contribution in [3.05, 3.63) is 59.7 Å². The molecule has 0 atom stereocenters. The summed E-state index contributed by atoms with van der Waals surface area (Å²) in [4.78, 5) is 0. The second kappa shape index (κ2) is 5.74. The first-order valence-corrected chi connectivity index (χ1v) is 5.79. The molecule has 2 aromatic rings. The Hall–Kier alpha value is -2.73. The minimum Gasteiger partial charge on any atom is -0.508 e. The first kappa shape index (κ1) is 12.7. The molecule has 0 radical (unpaired) electrons. The minimum atomic E-state index is 0.202. The molecule has 0 amide bonds. The largest absolute Gasteiger partial charge is 0.508 e. The molecular formula is C16H13NO2. The highest BCUT2D eigenvalue weighted by molar-refractivity contribution is 5.91. The Kier molecular flexibility index (Phi) is 3.84. The van der Waals surface area contributed by atoms with Gasteiger partial charge in [-0.3, -0.25) is 0 Å². The Labute approximate surface area is 112 Å². The number of hydrogen-bond acceptors (Lipinski definition) is 3. The molecular weight excluding hydrogens is 238 g/mol. The summed E-state index contributed by atoms with van der Waals surface area (Å²) in [6, 6.07) is 16.2. The number of benzene rings is 2. The van der Waals surface area contributed by atoms with Crippen molar-refractivity contribution in [1.29, 1.82) is 5.26 Å². The van der Waals surface area contributed by atoms with Gasteiger partial charge in [0.1, 0.15) is 11.5 Å². The van der Waals surface area contributed by atoms with Crippen molar-refractivity contribution < 1.29 is 9.84 Å². The number of methoxy groups -OCH3 is 1. The summed E-state index contributed by atoms with van der Waals surface area (Å²) < 4.78 is 5.25. The summed E-state index contributed by atoms with van der Waals surface area (Å²) in [5.74, 6) is 0.863. The van der Waals surface area contributed by atoms with Crippen LogP contribution in [0.5, 0.6) is 11.5 Å². The van der Waals surface area contributed by atoms with Crippen molar-refractivity contribution in [2.24, 2.45) is 0 Å². The van der Waals surface area contributed by atoms with Gasteiger partial charge >= 0.3 is 0 Å². The van der Waals surface area contributed by atoms with Gasteiger partial charge in [0, 0.05) is 5.56 Å². The first-order chi connectivity index (χ1) is 9.24. The van der Waals surface area contributed by atoms with Gasteiger partial charge in [-0.15, -0.1) is 0 Å². The fourth-order valence-electron chi connectivity index (χ4n) is 1.77. The van der Waals surface area contributed by atoms with Crippen LogP contribution in [-0.2, 0) is 0 Å². The van der Waals surface area contributed by atoms with E-state index in [0.29, 0.717) is 11.3 Å². The van der Waals surface area contributed by atoms with Crippen LogP contribution in [0.1, 0.15) is 11.1 Å². The molecule has 0 aliphatic rings. The van der Waals surface area contributed by atoms with E-state index in [4.69, 9.17) is 4.74 Å². The van der Waals surface area contributed by atoms with Crippen LogP contribution in [0.25, 0.3) is 11.6 Å². The summed E-state index contributed by atoms with van der Waals surface area (Å²) in [7, 11) is 1.58. The number of phenolic OH excluding ortho intramolecular Hbond substituents is 1. The average molecular weight is 251 g/mol. The summed E-state index contributed by atoms with van der Waals surface area (Å²) in [5, 5.41) is 18.5. The van der Waals surface area contributed by atoms with Crippen molar-refractivity contribution in [2.75, 3.05) is 7.11 Å². The summed E-state index contributed by atoms with van der Waals surface area (Å²) >= 11 is 0. The van der Waals surface area contributed by atoms with E-state index in [1.54, 1.807) is 37.5 Å². The second-order valence-electron chi connectivity index (χ2n) is 3.96. The maximum Gasteiger partial charge on any atom is 0.127 e. The summed E-state index contributed by atoms with van der Waals surface area (Å²) in [6.45, 7) is 0. The molecule has 0 saturated carbocycles. The van der Waals surface area contributed by atoms with Gasteiger partial charge in [0.05, 0.1) is 18.8 Å². The topological polar surface area (TPSA) is 53.2 Å². The molecule has 0 aromatic heterocycles. The van der Waals surface area contributed by atoms with Gasteiger partial charge in [-0.05, 0) is 35.9 Å². The highest BCUT2D eigenvalue weighted by atomic mass is 16.5. The van der Waals surface area contributed by atoms with Crippen LogP contribution in [0.4, 0.5) is 0 Å². The van der Waals surface area contributed by atoms with Gasteiger partial charge in [0.15, 0.2) is 0 Å². The van der Waals surface area contributed by atoms with Gasteiger partial charge in [-0.25, -0.2) is 0 Å². The second-order valence-corrected chi connectivity index (χ2v) is 3.96. The number of rotatable bonds is 3. The highest BCUT2D eigenvalue weighted by Crippen LogP contribution is 2.27. The lowest BCUT2D eigenvalue weighted by Crippen LogP contribution is -1.90. The molecule has 0 saturated heterocycles. The molecule has 94 valence electrons. The maximum atomic E-state index is 9.29. The number of nitriles is 1. The SMILES string of the molecule is COc1ccccc1/C(C#N)=C\c1ccc(O)cc1. The van der Waals surface area contributed by atoms with Crippen LogP contribution < -0.4 is 4.74 Å². The van der Waals surface area contributed by atoms with Gasteiger partial charge in [-0.2, -0.15) is 5.26 Å². The number of aromatic hydroxyl groups is 1. The van der Waals surface area contributed by atoms with Crippen molar-refractivity contribution in [2.45, 2.75) is 0 Å². The molecule has 19 heavy (non-hydrogen) atoms. The number of ether oxygens (including phenoxy) is 1. The Morgan fingerprint density at radius 2 is 1.84 bits per heavy atom. The lowest BCUT2D eigenvalue weighted by atomic mass is 10.0. The number of phenols is 1. The van der Waals surface area contributed by atoms with E-state index in [-0.39, 0.29) is 5.75 Å². The van der Waals surface area contributed by atoms with Gasteiger partial charge in [-0.1, -0.05) is 24.3 Å². The van der Waals surface area contributed by atoms with E-state index < -0.39 is 0 Å².